The number of ketones is 2. The molecule has 6 atom stereocenters. The van der Waals surface area contributed by atoms with Crippen LogP contribution in [0.15, 0.2) is 39.5 Å². The minimum absolute atomic E-state index is 0.0452. The summed E-state index contributed by atoms with van der Waals surface area (Å²) in [6.07, 6.45) is -2.72. The lowest BCUT2D eigenvalue weighted by molar-refractivity contribution is -0.288. The Morgan fingerprint density at radius 1 is 1.10 bits per heavy atom. The van der Waals surface area contributed by atoms with Gasteiger partial charge in [0, 0.05) is 29.7 Å². The van der Waals surface area contributed by atoms with Crippen molar-refractivity contribution < 1.29 is 43.5 Å². The third-order valence-corrected chi connectivity index (χ3v) is 8.37. The molecule has 0 saturated carbocycles. The van der Waals surface area contributed by atoms with Crippen molar-refractivity contribution in [2.45, 2.75) is 56.5 Å². The first-order valence-corrected chi connectivity index (χ1v) is 13.4. The molecule has 3 N–H and O–H groups in total. The average molecular weight is 566 g/mol. The zero-order valence-corrected chi connectivity index (χ0v) is 23.0. The first-order chi connectivity index (χ1) is 19.5. The van der Waals surface area contributed by atoms with E-state index >= 15 is 0 Å². The second kappa shape index (κ2) is 9.83. The molecule has 2 fully saturated rings. The number of hydrogen-bond acceptors (Lipinski definition) is 11. The zero-order valence-electron chi connectivity index (χ0n) is 23.0. The third-order valence-electron chi connectivity index (χ3n) is 8.37. The summed E-state index contributed by atoms with van der Waals surface area (Å²) in [6.45, 7) is 2.90. The summed E-state index contributed by atoms with van der Waals surface area (Å²) in [6, 6.07) is 6.62. The van der Waals surface area contributed by atoms with Crippen LogP contribution in [0.3, 0.4) is 0 Å². The predicted octanol–water partition coefficient (Wildman–Crippen LogP) is 1.61. The van der Waals surface area contributed by atoms with Gasteiger partial charge in [-0.1, -0.05) is 12.1 Å². The Morgan fingerprint density at radius 3 is 2.49 bits per heavy atom. The molecule has 1 aromatic heterocycles. The van der Waals surface area contributed by atoms with Gasteiger partial charge < -0.3 is 38.8 Å². The van der Waals surface area contributed by atoms with Crippen LogP contribution >= 0.6 is 0 Å². The summed E-state index contributed by atoms with van der Waals surface area (Å²) in [4.78, 5) is 42.6. The third kappa shape index (κ3) is 4.23. The number of aromatic hydroxyl groups is 1. The largest absolute Gasteiger partial charge is 0.507 e. The molecule has 2 saturated heterocycles. The van der Waals surface area contributed by atoms with Crippen molar-refractivity contribution in [1.82, 2.24) is 4.90 Å². The number of aryl methyl sites for hydroxylation is 1. The topological polar surface area (TPSA) is 159 Å². The second-order valence-electron chi connectivity index (χ2n) is 11.2. The number of aliphatic hydroxyl groups is 2. The number of carbonyl (C=O) groups excluding carboxylic acids is 2. The molecule has 0 amide bonds. The van der Waals surface area contributed by atoms with Crippen LogP contribution in [0.1, 0.15) is 56.5 Å². The fourth-order valence-electron chi connectivity index (χ4n) is 6.06. The second-order valence-corrected chi connectivity index (χ2v) is 11.2. The smallest absolute Gasteiger partial charge is 0.202 e. The fraction of sp³-hybridized carbons (Fsp3) is 0.433. The summed E-state index contributed by atoms with van der Waals surface area (Å²) in [5.41, 5.74) is -2.13. The molecule has 3 unspecified atom stereocenters. The number of nitrogens with zero attached hydrogens (tertiary/aromatic N) is 1. The normalized spacial score (nSPS) is 27.0. The van der Waals surface area contributed by atoms with Crippen molar-refractivity contribution in [1.29, 1.82) is 0 Å². The van der Waals surface area contributed by atoms with Gasteiger partial charge in [0.15, 0.2) is 23.1 Å². The highest BCUT2D eigenvalue weighted by atomic mass is 16.7. The van der Waals surface area contributed by atoms with E-state index in [-0.39, 0.29) is 63.8 Å². The van der Waals surface area contributed by atoms with Crippen molar-refractivity contribution >= 4 is 22.5 Å². The minimum atomic E-state index is -1.69. The highest BCUT2D eigenvalue weighted by Gasteiger charge is 2.54. The van der Waals surface area contributed by atoms with E-state index in [1.54, 1.807) is 13.8 Å². The lowest BCUT2D eigenvalue weighted by atomic mass is 9.81. The maximum atomic E-state index is 13.7. The van der Waals surface area contributed by atoms with Crippen LogP contribution in [0.25, 0.3) is 11.0 Å². The highest BCUT2D eigenvalue weighted by molar-refractivity contribution is 6.32. The Morgan fingerprint density at radius 2 is 1.83 bits per heavy atom. The van der Waals surface area contributed by atoms with Gasteiger partial charge in [-0.2, -0.15) is 0 Å². The van der Waals surface area contributed by atoms with Crippen LogP contribution < -0.4 is 5.43 Å². The molecule has 11 nitrogen and oxygen atoms in total. The van der Waals surface area contributed by atoms with Gasteiger partial charge >= 0.3 is 0 Å². The first kappa shape index (κ1) is 27.7. The Labute approximate surface area is 234 Å². The maximum Gasteiger partial charge on any atom is 0.202 e. The highest BCUT2D eigenvalue weighted by Crippen LogP contribution is 2.43. The van der Waals surface area contributed by atoms with Gasteiger partial charge in [-0.3, -0.25) is 14.4 Å². The predicted molar refractivity (Wildman–Crippen MR) is 144 cm³/mol. The van der Waals surface area contributed by atoms with Crippen molar-refractivity contribution in [2.75, 3.05) is 27.3 Å². The summed E-state index contributed by atoms with van der Waals surface area (Å²) in [5.74, 6) is -1.61. The number of benzene rings is 2. The van der Waals surface area contributed by atoms with Gasteiger partial charge in [0.2, 0.25) is 5.78 Å². The van der Waals surface area contributed by atoms with Gasteiger partial charge in [-0.15, -0.1) is 0 Å². The Bertz CT molecular complexity index is 1640. The van der Waals surface area contributed by atoms with E-state index in [0.29, 0.717) is 5.56 Å². The lowest BCUT2D eigenvalue weighted by Crippen LogP contribution is -2.55. The molecule has 0 bridgehead atoms. The average Bonchev–Trinajstić information content (AvgIpc) is 3.77. The van der Waals surface area contributed by atoms with Crippen LogP contribution in [0.2, 0.25) is 0 Å². The zero-order chi connectivity index (χ0) is 29.4. The molecule has 11 heteroatoms. The number of likely N-dealkylation sites (N-methyl/N-ethyl adjacent to an activating group) is 1. The standard InChI is InChI=1S/C30H31NO10/c1-13-8-16-25(28(37)24-15(27(16)36)6-5-7-18(24)33)29-23(13)19(34)10-20(40-29)30(12-32,21-11-38-21)41-22-9-17(31(3)4)26(35)14(2)39-22/h5-8,10,14,17,21-22,26,32-33,35H,9,11-12H2,1-4H3/t14?,17-,21?,22-,26+,30?/m0/s1. The van der Waals surface area contributed by atoms with Crippen LogP contribution in [-0.4, -0.2) is 89.7 Å². The Balaban J connectivity index is 1.52. The quantitative estimate of drug-likeness (QED) is 0.292. The van der Waals surface area contributed by atoms with Crippen LogP contribution in [0, 0.1) is 6.92 Å². The molecule has 2 aromatic carbocycles. The number of epoxide rings is 1. The molecular formula is C30H31NO10. The molecular weight excluding hydrogens is 534 g/mol. The number of ether oxygens (including phenoxy) is 3. The summed E-state index contributed by atoms with van der Waals surface area (Å²) >= 11 is 0. The van der Waals surface area contributed by atoms with Crippen molar-refractivity contribution in [2.24, 2.45) is 0 Å². The van der Waals surface area contributed by atoms with E-state index in [2.05, 4.69) is 0 Å². The van der Waals surface area contributed by atoms with E-state index in [1.165, 1.54) is 30.3 Å². The van der Waals surface area contributed by atoms with E-state index < -0.39 is 53.8 Å². The van der Waals surface area contributed by atoms with Crippen LogP contribution in [0.5, 0.6) is 5.75 Å². The molecule has 6 rings (SSSR count). The van der Waals surface area contributed by atoms with E-state index in [4.69, 9.17) is 18.6 Å². The van der Waals surface area contributed by atoms with E-state index in [9.17, 15) is 29.7 Å². The summed E-state index contributed by atoms with van der Waals surface area (Å²) < 4.78 is 24.2. The molecule has 2 aliphatic heterocycles. The first-order valence-electron chi connectivity index (χ1n) is 13.4. The molecule has 1 aliphatic carbocycles. The Hall–Kier alpha value is -3.45. The summed E-state index contributed by atoms with van der Waals surface area (Å²) in [5, 5.41) is 31.9. The molecule has 3 aromatic rings. The van der Waals surface area contributed by atoms with Crippen molar-refractivity contribution in [3.05, 3.63) is 74.1 Å². The number of hydrogen-bond donors (Lipinski definition) is 3. The molecule has 41 heavy (non-hydrogen) atoms. The molecule has 216 valence electrons. The molecule has 3 aliphatic rings. The number of phenolic OH excluding ortho intramolecular Hbond substituents is 1. The lowest BCUT2D eigenvalue weighted by Gasteiger charge is -2.43. The maximum absolute atomic E-state index is 13.7. The summed E-state index contributed by atoms with van der Waals surface area (Å²) in [7, 11) is 3.66. The number of fused-ring (bicyclic) bond motifs is 4. The minimum Gasteiger partial charge on any atom is -0.507 e. The van der Waals surface area contributed by atoms with Gasteiger partial charge in [-0.25, -0.2) is 0 Å². The molecule has 0 spiro atoms. The SMILES string of the molecule is Cc1cc2c(c3oc(C(CO)(O[C@H]4C[C@H](N(C)C)[C@H](O)C(C)O4)C4CO4)cc(=O)c13)C(=O)c1c(O)cccc1C2=O. The van der Waals surface area contributed by atoms with Gasteiger partial charge in [0.05, 0.1) is 41.9 Å². The van der Waals surface area contributed by atoms with Crippen LogP contribution in [0.4, 0.5) is 0 Å². The number of carbonyl (C=O) groups is 2. The number of aliphatic hydroxyl groups excluding tert-OH is 2. The van der Waals surface area contributed by atoms with Crippen molar-refractivity contribution in [3.63, 3.8) is 0 Å². The number of rotatable bonds is 6. The monoisotopic (exact) mass is 565 g/mol. The van der Waals surface area contributed by atoms with E-state index in [1.807, 2.05) is 19.0 Å². The number of phenols is 1. The van der Waals surface area contributed by atoms with Gasteiger partial charge in [-0.05, 0) is 45.6 Å². The Kier molecular flexibility index (Phi) is 6.64. The van der Waals surface area contributed by atoms with Crippen molar-refractivity contribution in [3.8, 4) is 5.75 Å². The van der Waals surface area contributed by atoms with Gasteiger partial charge in [0.25, 0.3) is 0 Å². The van der Waals surface area contributed by atoms with E-state index in [0.717, 1.165) is 0 Å². The molecule has 3 heterocycles. The molecule has 0 radical (unpaired) electrons. The van der Waals surface area contributed by atoms with Gasteiger partial charge in [0.1, 0.15) is 23.2 Å². The van der Waals surface area contributed by atoms with Crippen LogP contribution in [-0.2, 0) is 19.8 Å². The fourth-order valence-corrected chi connectivity index (χ4v) is 6.06.